The summed E-state index contributed by atoms with van der Waals surface area (Å²) in [5, 5.41) is 4.30. The minimum atomic E-state index is 0.00167. The maximum atomic E-state index is 12.5. The summed E-state index contributed by atoms with van der Waals surface area (Å²) < 4.78 is 1.74. The molecule has 1 aromatic heterocycles. The summed E-state index contributed by atoms with van der Waals surface area (Å²) >= 11 is 0. The average molecular weight is 263 g/mol. The third kappa shape index (κ3) is 2.85. The van der Waals surface area contributed by atoms with Gasteiger partial charge >= 0.3 is 0 Å². The van der Waals surface area contributed by atoms with E-state index in [2.05, 4.69) is 5.10 Å². The van der Waals surface area contributed by atoms with Gasteiger partial charge in [0.05, 0.1) is 5.69 Å². The average Bonchev–Trinajstić information content (AvgIpc) is 2.79. The molecule has 1 amide bonds. The Morgan fingerprint density at radius 2 is 2.11 bits per heavy atom. The number of hydrogen-bond acceptors (Lipinski definition) is 3. The molecule has 1 aliphatic carbocycles. The first kappa shape index (κ1) is 13.8. The monoisotopic (exact) mass is 263 g/mol. The highest BCUT2D eigenvalue weighted by Crippen LogP contribution is 2.21. The fourth-order valence-corrected chi connectivity index (χ4v) is 2.62. The molecule has 1 fully saturated rings. The van der Waals surface area contributed by atoms with Crippen LogP contribution in [0, 0.1) is 6.92 Å². The Hall–Kier alpha value is -1.65. The standard InChI is InChI=1S/C14H21N3O2/c1-4-17-13(9-10(2)15-17)14(19)16(3)11-5-7-12(18)8-6-11/h9,11H,4-8H2,1-3H3. The van der Waals surface area contributed by atoms with Gasteiger partial charge in [0.25, 0.3) is 5.91 Å². The van der Waals surface area contributed by atoms with Crippen molar-refractivity contribution >= 4 is 11.7 Å². The Kier molecular flexibility index (Phi) is 4.02. The molecule has 2 rings (SSSR count). The predicted octanol–water partition coefficient (Wildman–Crippen LogP) is 1.80. The van der Waals surface area contributed by atoms with Crippen LogP contribution in [0.4, 0.5) is 0 Å². The zero-order valence-corrected chi connectivity index (χ0v) is 11.8. The van der Waals surface area contributed by atoms with E-state index in [1.165, 1.54) is 0 Å². The maximum Gasteiger partial charge on any atom is 0.272 e. The summed E-state index contributed by atoms with van der Waals surface area (Å²) in [6, 6.07) is 2.00. The predicted molar refractivity (Wildman–Crippen MR) is 72.0 cm³/mol. The SMILES string of the molecule is CCn1nc(C)cc1C(=O)N(C)C1CCC(=O)CC1. The second-order valence-corrected chi connectivity index (χ2v) is 5.17. The van der Waals surface area contributed by atoms with E-state index in [-0.39, 0.29) is 11.9 Å². The Balaban J connectivity index is 2.12. The smallest absolute Gasteiger partial charge is 0.272 e. The first-order chi connectivity index (χ1) is 9.02. The third-order valence-corrected chi connectivity index (χ3v) is 3.80. The molecule has 0 atom stereocenters. The van der Waals surface area contributed by atoms with Crippen LogP contribution in [0.25, 0.3) is 0 Å². The zero-order valence-electron chi connectivity index (χ0n) is 11.8. The molecule has 0 aromatic carbocycles. The molecule has 1 aliphatic rings. The molecule has 0 unspecified atom stereocenters. The van der Waals surface area contributed by atoms with Gasteiger partial charge < -0.3 is 4.90 Å². The fraction of sp³-hybridized carbons (Fsp3) is 0.643. The summed E-state index contributed by atoms with van der Waals surface area (Å²) in [7, 11) is 1.82. The van der Waals surface area contributed by atoms with Crippen LogP contribution in [0.3, 0.4) is 0 Å². The van der Waals surface area contributed by atoms with Gasteiger partial charge in [-0.25, -0.2) is 0 Å². The summed E-state index contributed by atoms with van der Waals surface area (Å²) in [6.07, 6.45) is 2.74. The number of ketones is 1. The van der Waals surface area contributed by atoms with Gasteiger partial charge in [-0.05, 0) is 32.8 Å². The van der Waals surface area contributed by atoms with Crippen LogP contribution in [0.2, 0.25) is 0 Å². The van der Waals surface area contributed by atoms with Crippen molar-refractivity contribution in [2.75, 3.05) is 7.05 Å². The lowest BCUT2D eigenvalue weighted by Gasteiger charge is -2.30. The van der Waals surface area contributed by atoms with Crippen molar-refractivity contribution < 1.29 is 9.59 Å². The van der Waals surface area contributed by atoms with E-state index in [4.69, 9.17) is 0 Å². The summed E-state index contributed by atoms with van der Waals surface area (Å²) in [5.74, 6) is 0.313. The van der Waals surface area contributed by atoms with E-state index >= 15 is 0 Å². The molecular weight excluding hydrogens is 242 g/mol. The van der Waals surface area contributed by atoms with Crippen LogP contribution >= 0.6 is 0 Å². The van der Waals surface area contributed by atoms with Crippen molar-refractivity contribution in [3.05, 3.63) is 17.5 Å². The quantitative estimate of drug-likeness (QED) is 0.835. The number of aryl methyl sites for hydroxylation is 2. The highest BCUT2D eigenvalue weighted by atomic mass is 16.2. The number of hydrogen-bond donors (Lipinski definition) is 0. The molecule has 0 spiro atoms. The summed E-state index contributed by atoms with van der Waals surface area (Å²) in [5.41, 5.74) is 1.50. The lowest BCUT2D eigenvalue weighted by Crippen LogP contribution is -2.40. The normalized spacial score (nSPS) is 16.7. The van der Waals surface area contributed by atoms with Crippen LogP contribution in [-0.4, -0.2) is 39.5 Å². The second kappa shape index (κ2) is 5.55. The molecule has 0 aliphatic heterocycles. The van der Waals surface area contributed by atoms with Gasteiger partial charge in [0, 0.05) is 32.5 Å². The molecule has 0 N–H and O–H groups in total. The van der Waals surface area contributed by atoms with Gasteiger partial charge in [0.1, 0.15) is 11.5 Å². The molecule has 0 bridgehead atoms. The van der Waals surface area contributed by atoms with Crippen LogP contribution in [0.15, 0.2) is 6.07 Å². The molecule has 1 aromatic rings. The van der Waals surface area contributed by atoms with Crippen molar-refractivity contribution in [2.45, 2.75) is 52.1 Å². The molecule has 1 saturated carbocycles. The highest BCUT2D eigenvalue weighted by Gasteiger charge is 2.27. The molecule has 0 saturated heterocycles. The number of nitrogens with zero attached hydrogens (tertiary/aromatic N) is 3. The van der Waals surface area contributed by atoms with E-state index in [9.17, 15) is 9.59 Å². The number of carbonyl (C=O) groups excluding carboxylic acids is 2. The molecule has 5 heteroatoms. The molecular formula is C14H21N3O2. The summed E-state index contributed by atoms with van der Waals surface area (Å²) in [4.78, 5) is 25.5. The van der Waals surface area contributed by atoms with E-state index in [0.717, 1.165) is 18.5 Å². The van der Waals surface area contributed by atoms with E-state index in [1.807, 2.05) is 27.0 Å². The molecule has 1 heterocycles. The minimum Gasteiger partial charge on any atom is -0.337 e. The highest BCUT2D eigenvalue weighted by molar-refractivity contribution is 5.93. The van der Waals surface area contributed by atoms with Crippen LogP contribution in [-0.2, 0) is 11.3 Å². The van der Waals surface area contributed by atoms with Gasteiger partial charge in [-0.15, -0.1) is 0 Å². The lowest BCUT2D eigenvalue weighted by atomic mass is 9.93. The molecule has 0 radical (unpaired) electrons. The largest absolute Gasteiger partial charge is 0.337 e. The van der Waals surface area contributed by atoms with Gasteiger partial charge in [0.2, 0.25) is 0 Å². The molecule has 104 valence electrons. The first-order valence-corrected chi connectivity index (χ1v) is 6.86. The number of amides is 1. The molecule has 5 nitrogen and oxygen atoms in total. The van der Waals surface area contributed by atoms with Gasteiger partial charge in [0.15, 0.2) is 0 Å². The summed E-state index contributed by atoms with van der Waals surface area (Å²) in [6.45, 7) is 4.55. The van der Waals surface area contributed by atoms with Crippen molar-refractivity contribution in [1.29, 1.82) is 0 Å². The van der Waals surface area contributed by atoms with Crippen molar-refractivity contribution in [2.24, 2.45) is 0 Å². The zero-order chi connectivity index (χ0) is 14.0. The van der Waals surface area contributed by atoms with Crippen molar-refractivity contribution in [3.63, 3.8) is 0 Å². The topological polar surface area (TPSA) is 55.2 Å². The van der Waals surface area contributed by atoms with Crippen molar-refractivity contribution in [1.82, 2.24) is 14.7 Å². The third-order valence-electron chi connectivity index (χ3n) is 3.80. The second-order valence-electron chi connectivity index (χ2n) is 5.17. The van der Waals surface area contributed by atoms with Gasteiger partial charge in [-0.3, -0.25) is 14.3 Å². The Morgan fingerprint density at radius 1 is 1.47 bits per heavy atom. The number of carbonyl (C=O) groups is 2. The minimum absolute atomic E-state index is 0.00167. The van der Waals surface area contributed by atoms with E-state index in [1.54, 1.807) is 9.58 Å². The number of aromatic nitrogens is 2. The molecule has 19 heavy (non-hydrogen) atoms. The lowest BCUT2D eigenvalue weighted by molar-refractivity contribution is -0.121. The van der Waals surface area contributed by atoms with Gasteiger partial charge in [-0.1, -0.05) is 0 Å². The fourth-order valence-electron chi connectivity index (χ4n) is 2.62. The first-order valence-electron chi connectivity index (χ1n) is 6.86. The van der Waals surface area contributed by atoms with Crippen LogP contribution in [0.1, 0.15) is 48.8 Å². The van der Waals surface area contributed by atoms with E-state index < -0.39 is 0 Å². The van der Waals surface area contributed by atoms with Crippen LogP contribution < -0.4 is 0 Å². The Morgan fingerprint density at radius 3 is 2.68 bits per heavy atom. The van der Waals surface area contributed by atoms with Crippen LogP contribution in [0.5, 0.6) is 0 Å². The van der Waals surface area contributed by atoms with E-state index in [0.29, 0.717) is 30.9 Å². The van der Waals surface area contributed by atoms with Gasteiger partial charge in [-0.2, -0.15) is 5.10 Å². The Bertz CT molecular complexity index is 483. The Labute approximate surface area is 113 Å². The van der Waals surface area contributed by atoms with Crippen molar-refractivity contribution in [3.8, 4) is 0 Å². The number of rotatable bonds is 3. The maximum absolute atomic E-state index is 12.5. The number of Topliss-reactive ketones (excluding diaryl/α,β-unsaturated/α-hetero) is 1.